The normalized spacial score (nSPS) is 12.0. The van der Waals surface area contributed by atoms with Crippen molar-refractivity contribution in [1.82, 2.24) is 0 Å². The van der Waals surface area contributed by atoms with Gasteiger partial charge >= 0.3 is 0 Å². The Bertz CT molecular complexity index is 1210. The van der Waals surface area contributed by atoms with Crippen molar-refractivity contribution >= 4 is 22.9 Å². The molecule has 0 aromatic heterocycles. The van der Waals surface area contributed by atoms with Gasteiger partial charge in [0.1, 0.15) is 14.1 Å². The number of nitrogens with zero attached hydrogens (tertiary/aromatic N) is 2. The first kappa shape index (κ1) is 24.5. The maximum Gasteiger partial charge on any atom is 0.199 e. The Morgan fingerprint density at radius 2 is 1.15 bits per heavy atom. The van der Waals surface area contributed by atoms with Crippen LogP contribution in [0.25, 0.3) is 5.57 Å². The highest BCUT2D eigenvalue weighted by Crippen LogP contribution is 2.30. The maximum atomic E-state index is 10.1. The highest BCUT2D eigenvalue weighted by atomic mass is 16.4. The van der Waals surface area contributed by atoms with Crippen molar-refractivity contribution in [1.29, 1.82) is 0 Å². The van der Waals surface area contributed by atoms with Crippen LogP contribution in [0.5, 0.6) is 0 Å². The fraction of sp³-hybridized carbons (Fsp3) is 0.133. The van der Waals surface area contributed by atoms with Crippen LogP contribution in [-0.4, -0.2) is 44.4 Å². The molecule has 0 spiro atoms. The lowest BCUT2D eigenvalue weighted by Crippen LogP contribution is -2.21. The smallest absolute Gasteiger partial charge is 0.199 e. The predicted octanol–water partition coefficient (Wildman–Crippen LogP) is 4.44. The third kappa shape index (κ3) is 6.42. The zero-order valence-electron chi connectivity index (χ0n) is 20.1. The number of benzene rings is 3. The summed E-state index contributed by atoms with van der Waals surface area (Å²) in [5.41, 5.74) is 7.59. The molecule has 0 radical (unpaired) electrons. The largest absolute Gasteiger partial charge is 0.545 e. The number of hydrogen-bond acceptors (Lipinski definition) is 3. The molecule has 0 atom stereocenters. The first-order chi connectivity index (χ1) is 16.4. The molecule has 4 rings (SSSR count). The molecule has 1 aliphatic carbocycles. The van der Waals surface area contributed by atoms with Crippen LogP contribution in [0.4, 0.5) is 5.69 Å². The molecule has 0 aliphatic heterocycles. The van der Waals surface area contributed by atoms with E-state index >= 15 is 0 Å². The summed E-state index contributed by atoms with van der Waals surface area (Å²) in [6.45, 7) is 0. The van der Waals surface area contributed by atoms with Gasteiger partial charge in [-0.15, -0.1) is 0 Å². The molecule has 0 fully saturated rings. The number of carbonyl (C=O) groups excluding carboxylic acids is 1. The summed E-state index contributed by atoms with van der Waals surface area (Å²) in [7, 11) is 8.27. The Morgan fingerprint density at radius 3 is 1.56 bits per heavy atom. The molecule has 0 amide bonds. The lowest BCUT2D eigenvalue weighted by atomic mass is 9.90. The molecule has 172 valence electrons. The second-order valence-electron chi connectivity index (χ2n) is 8.28. The minimum absolute atomic E-state index is 0.220. The average Bonchev–Trinajstić information content (AvgIpc) is 2.86. The van der Waals surface area contributed by atoms with E-state index in [1.165, 1.54) is 45.8 Å². The zero-order valence-corrected chi connectivity index (χ0v) is 20.1. The van der Waals surface area contributed by atoms with Gasteiger partial charge in [-0.3, -0.25) is 0 Å². The summed E-state index contributed by atoms with van der Waals surface area (Å²) in [5, 5.41) is 10.1. The first-order valence-corrected chi connectivity index (χ1v) is 11.1. The standard InChI is InChI=1S/C23H25N2.C7H6O2/c1-24(2)21-14-10-19(11-15-21)23(18-8-6-5-7-9-18)20-12-16-22(17-13-20)25(3)4;8-7(9)6-4-2-1-3-5-6/h5-17H,1-4H3;1-5H,(H,8,9)/q+1;/p-1. The molecular formula is C30H30N2O2. The number of rotatable bonds is 4. The molecule has 1 aliphatic rings. The van der Waals surface area contributed by atoms with Crippen LogP contribution in [0.2, 0.25) is 0 Å². The van der Waals surface area contributed by atoms with Gasteiger partial charge in [0.05, 0.1) is 5.97 Å². The van der Waals surface area contributed by atoms with Gasteiger partial charge in [-0.1, -0.05) is 72.8 Å². The third-order valence-corrected chi connectivity index (χ3v) is 5.42. The van der Waals surface area contributed by atoms with Gasteiger partial charge in [-0.25, -0.2) is 4.58 Å². The molecule has 0 bridgehead atoms. The third-order valence-electron chi connectivity index (χ3n) is 5.42. The summed E-state index contributed by atoms with van der Waals surface area (Å²) < 4.78 is 2.12. The maximum absolute atomic E-state index is 10.1. The Kier molecular flexibility index (Phi) is 8.36. The van der Waals surface area contributed by atoms with Crippen molar-refractivity contribution in [3.05, 3.63) is 131 Å². The van der Waals surface area contributed by atoms with Crippen LogP contribution in [0.3, 0.4) is 0 Å². The first-order valence-electron chi connectivity index (χ1n) is 11.1. The number of hydrogen-bond donors (Lipinski definition) is 0. The average molecular weight is 451 g/mol. The molecule has 0 unspecified atom stereocenters. The number of carboxylic acids is 1. The summed E-state index contributed by atoms with van der Waals surface area (Å²) in [4.78, 5) is 12.2. The summed E-state index contributed by atoms with van der Waals surface area (Å²) in [6.07, 6.45) is 8.76. The van der Waals surface area contributed by atoms with E-state index in [0.717, 1.165) is 0 Å². The van der Waals surface area contributed by atoms with E-state index in [9.17, 15) is 9.90 Å². The van der Waals surface area contributed by atoms with Gasteiger partial charge in [-0.2, -0.15) is 0 Å². The molecule has 0 N–H and O–H groups in total. The van der Waals surface area contributed by atoms with Crippen molar-refractivity contribution < 1.29 is 14.5 Å². The van der Waals surface area contributed by atoms with E-state index in [4.69, 9.17) is 0 Å². The van der Waals surface area contributed by atoms with Crippen LogP contribution >= 0.6 is 0 Å². The second-order valence-corrected chi connectivity index (χ2v) is 8.28. The van der Waals surface area contributed by atoms with Gasteiger partial charge in [0.2, 0.25) is 0 Å². The number of anilines is 1. The van der Waals surface area contributed by atoms with E-state index < -0.39 is 5.97 Å². The lowest BCUT2D eigenvalue weighted by Gasteiger charge is -2.16. The Morgan fingerprint density at radius 1 is 0.676 bits per heavy atom. The van der Waals surface area contributed by atoms with E-state index in [2.05, 4.69) is 117 Å². The van der Waals surface area contributed by atoms with Gasteiger partial charge in [0, 0.05) is 31.9 Å². The Hall–Kier alpha value is -4.18. The van der Waals surface area contributed by atoms with Crippen LogP contribution in [0, 0.1) is 0 Å². The fourth-order valence-electron chi connectivity index (χ4n) is 3.53. The van der Waals surface area contributed by atoms with Gasteiger partial charge in [0.15, 0.2) is 5.71 Å². The second kappa shape index (κ2) is 11.6. The number of carbonyl (C=O) groups is 1. The van der Waals surface area contributed by atoms with Crippen LogP contribution < -0.4 is 10.0 Å². The zero-order chi connectivity index (χ0) is 24.5. The van der Waals surface area contributed by atoms with Crippen molar-refractivity contribution in [2.75, 3.05) is 33.1 Å². The number of allylic oxidation sites excluding steroid dienone is 5. The fourth-order valence-corrected chi connectivity index (χ4v) is 3.53. The van der Waals surface area contributed by atoms with Crippen molar-refractivity contribution in [2.45, 2.75) is 0 Å². The Labute approximate surface area is 202 Å². The molecule has 0 saturated heterocycles. The molecule has 4 heteroatoms. The molecule has 4 nitrogen and oxygen atoms in total. The molecular weight excluding hydrogens is 420 g/mol. The Balaban J connectivity index is 0.000000302. The number of carboxylic acid groups (broad SMARTS) is 1. The monoisotopic (exact) mass is 450 g/mol. The van der Waals surface area contributed by atoms with E-state index in [1.807, 2.05) is 0 Å². The molecule has 3 aromatic rings. The molecule has 0 saturated carbocycles. The molecule has 34 heavy (non-hydrogen) atoms. The highest BCUT2D eigenvalue weighted by Gasteiger charge is 2.13. The van der Waals surface area contributed by atoms with Gasteiger partial charge in [-0.05, 0) is 52.1 Å². The predicted molar refractivity (Wildman–Crippen MR) is 139 cm³/mol. The van der Waals surface area contributed by atoms with Crippen LogP contribution in [-0.2, 0) is 0 Å². The van der Waals surface area contributed by atoms with E-state index in [1.54, 1.807) is 18.2 Å². The quantitative estimate of drug-likeness (QED) is 0.552. The van der Waals surface area contributed by atoms with Gasteiger partial charge < -0.3 is 14.8 Å². The number of aromatic carboxylic acids is 1. The van der Waals surface area contributed by atoms with Crippen LogP contribution in [0.1, 0.15) is 21.5 Å². The van der Waals surface area contributed by atoms with E-state index in [0.29, 0.717) is 0 Å². The summed E-state index contributed by atoms with van der Waals surface area (Å²) >= 11 is 0. The summed E-state index contributed by atoms with van der Waals surface area (Å²) in [6, 6.07) is 27.4. The SMILES string of the molecule is CN(C)c1ccc(C(=C2C=CC(=[N+](C)C)C=C2)c2ccccc2)cc1.O=C([O-])c1ccccc1. The summed E-state index contributed by atoms with van der Waals surface area (Å²) in [5.74, 6) is -1.13. The van der Waals surface area contributed by atoms with Crippen molar-refractivity contribution in [3.8, 4) is 0 Å². The highest BCUT2D eigenvalue weighted by molar-refractivity contribution is 6.04. The topological polar surface area (TPSA) is 46.4 Å². The lowest BCUT2D eigenvalue weighted by molar-refractivity contribution is -0.462. The van der Waals surface area contributed by atoms with E-state index in [-0.39, 0.29) is 5.56 Å². The molecule has 3 aromatic carbocycles. The molecule has 0 heterocycles. The minimum atomic E-state index is -1.13. The van der Waals surface area contributed by atoms with Gasteiger partial charge in [0.25, 0.3) is 0 Å². The minimum Gasteiger partial charge on any atom is -0.545 e. The van der Waals surface area contributed by atoms with Crippen molar-refractivity contribution in [3.63, 3.8) is 0 Å². The van der Waals surface area contributed by atoms with Crippen LogP contribution in [0.15, 0.2) is 115 Å². The van der Waals surface area contributed by atoms with Crippen molar-refractivity contribution in [2.24, 2.45) is 0 Å².